The zero-order valence-electron chi connectivity index (χ0n) is 8.12. The second kappa shape index (κ2) is 3.70. The summed E-state index contributed by atoms with van der Waals surface area (Å²) < 4.78 is 4.84. The summed E-state index contributed by atoms with van der Waals surface area (Å²) in [5.41, 5.74) is 2.40. The average Bonchev–Trinajstić information content (AvgIpc) is 2.65. The monoisotopic (exact) mass is 191 g/mol. The number of alkyl carbamates (subject to hydrolysis) is 1. The van der Waals surface area contributed by atoms with Crippen molar-refractivity contribution >= 4 is 6.09 Å². The van der Waals surface area contributed by atoms with Crippen molar-refractivity contribution in [1.82, 2.24) is 5.32 Å². The lowest BCUT2D eigenvalue weighted by Gasteiger charge is -2.08. The molecule has 3 nitrogen and oxygen atoms in total. The molecular formula is C11H13NO2. The van der Waals surface area contributed by atoms with Crippen LogP contribution in [-0.4, -0.2) is 12.7 Å². The molecule has 0 radical (unpaired) electrons. The third-order valence-electron chi connectivity index (χ3n) is 2.43. The number of carbonyl (C=O) groups is 1. The average molecular weight is 191 g/mol. The molecule has 1 N–H and O–H groups in total. The SMILES string of the molecule is CCc1cccc(C2COC(=O)N2)c1. The largest absolute Gasteiger partial charge is 0.447 e. The van der Waals surface area contributed by atoms with E-state index in [2.05, 4.69) is 24.4 Å². The van der Waals surface area contributed by atoms with E-state index in [4.69, 9.17) is 4.74 Å². The highest BCUT2D eigenvalue weighted by molar-refractivity contribution is 5.70. The maximum absolute atomic E-state index is 10.8. The Kier molecular flexibility index (Phi) is 2.39. The van der Waals surface area contributed by atoms with Crippen molar-refractivity contribution in [3.05, 3.63) is 35.4 Å². The lowest BCUT2D eigenvalue weighted by atomic mass is 10.0. The quantitative estimate of drug-likeness (QED) is 0.776. The number of hydrogen-bond acceptors (Lipinski definition) is 2. The molecule has 0 spiro atoms. The van der Waals surface area contributed by atoms with Crippen molar-refractivity contribution in [1.29, 1.82) is 0 Å². The van der Waals surface area contributed by atoms with Gasteiger partial charge in [-0.2, -0.15) is 0 Å². The smallest absolute Gasteiger partial charge is 0.407 e. The van der Waals surface area contributed by atoms with Crippen LogP contribution >= 0.6 is 0 Å². The van der Waals surface area contributed by atoms with Gasteiger partial charge in [0.25, 0.3) is 0 Å². The fraction of sp³-hybridized carbons (Fsp3) is 0.364. The molecule has 74 valence electrons. The number of amides is 1. The van der Waals surface area contributed by atoms with Crippen molar-refractivity contribution in [3.63, 3.8) is 0 Å². The van der Waals surface area contributed by atoms with Gasteiger partial charge in [-0.3, -0.25) is 0 Å². The topological polar surface area (TPSA) is 38.3 Å². The first-order chi connectivity index (χ1) is 6.79. The molecule has 1 atom stereocenters. The van der Waals surface area contributed by atoms with E-state index in [-0.39, 0.29) is 12.1 Å². The molecule has 14 heavy (non-hydrogen) atoms. The van der Waals surface area contributed by atoms with E-state index in [1.54, 1.807) is 0 Å². The van der Waals surface area contributed by atoms with Crippen LogP contribution in [0.3, 0.4) is 0 Å². The Morgan fingerprint density at radius 1 is 1.57 bits per heavy atom. The molecule has 2 rings (SSSR count). The Balaban J connectivity index is 2.19. The molecule has 0 saturated carbocycles. The molecule has 1 aromatic carbocycles. The van der Waals surface area contributed by atoms with Gasteiger partial charge < -0.3 is 10.1 Å². The van der Waals surface area contributed by atoms with Crippen LogP contribution in [-0.2, 0) is 11.2 Å². The van der Waals surface area contributed by atoms with Crippen LogP contribution in [0.1, 0.15) is 24.1 Å². The molecule has 1 amide bonds. The standard InChI is InChI=1S/C11H13NO2/c1-2-8-4-3-5-9(6-8)10-7-14-11(13)12-10/h3-6,10H,2,7H2,1H3,(H,12,13). The maximum atomic E-state index is 10.8. The van der Waals surface area contributed by atoms with Crippen LogP contribution < -0.4 is 5.32 Å². The minimum absolute atomic E-state index is 0.0222. The third-order valence-corrected chi connectivity index (χ3v) is 2.43. The zero-order valence-corrected chi connectivity index (χ0v) is 8.12. The van der Waals surface area contributed by atoms with Crippen molar-refractivity contribution in [2.45, 2.75) is 19.4 Å². The van der Waals surface area contributed by atoms with Crippen molar-refractivity contribution in [3.8, 4) is 0 Å². The molecule has 0 aliphatic carbocycles. The fourth-order valence-electron chi connectivity index (χ4n) is 1.59. The zero-order chi connectivity index (χ0) is 9.97. The van der Waals surface area contributed by atoms with Crippen LogP contribution in [0, 0.1) is 0 Å². The van der Waals surface area contributed by atoms with E-state index in [1.807, 2.05) is 12.1 Å². The van der Waals surface area contributed by atoms with Gasteiger partial charge in [0.05, 0.1) is 6.04 Å². The minimum Gasteiger partial charge on any atom is -0.447 e. The highest BCUT2D eigenvalue weighted by atomic mass is 16.6. The molecule has 1 saturated heterocycles. The van der Waals surface area contributed by atoms with Gasteiger partial charge in [-0.15, -0.1) is 0 Å². The van der Waals surface area contributed by atoms with E-state index >= 15 is 0 Å². The number of benzene rings is 1. The van der Waals surface area contributed by atoms with Crippen LogP contribution in [0.5, 0.6) is 0 Å². The lowest BCUT2D eigenvalue weighted by molar-refractivity contribution is 0.177. The number of hydrogen-bond donors (Lipinski definition) is 1. The first-order valence-corrected chi connectivity index (χ1v) is 4.81. The number of ether oxygens (including phenoxy) is 1. The van der Waals surface area contributed by atoms with E-state index in [0.717, 1.165) is 12.0 Å². The van der Waals surface area contributed by atoms with Crippen molar-refractivity contribution in [2.75, 3.05) is 6.61 Å². The number of rotatable bonds is 2. The van der Waals surface area contributed by atoms with Gasteiger partial charge >= 0.3 is 6.09 Å². The molecule has 1 aliphatic rings. The first-order valence-electron chi connectivity index (χ1n) is 4.81. The van der Waals surface area contributed by atoms with Gasteiger partial charge in [-0.25, -0.2) is 4.79 Å². The Morgan fingerprint density at radius 2 is 2.43 bits per heavy atom. The maximum Gasteiger partial charge on any atom is 0.407 e. The lowest BCUT2D eigenvalue weighted by Crippen LogP contribution is -2.18. The van der Waals surface area contributed by atoms with Gasteiger partial charge in [-0.1, -0.05) is 31.2 Å². The van der Waals surface area contributed by atoms with Crippen molar-refractivity contribution < 1.29 is 9.53 Å². The number of aryl methyl sites for hydroxylation is 1. The summed E-state index contributed by atoms with van der Waals surface area (Å²) >= 11 is 0. The van der Waals surface area contributed by atoms with E-state index < -0.39 is 0 Å². The van der Waals surface area contributed by atoms with Gasteiger partial charge in [0.1, 0.15) is 6.61 Å². The highest BCUT2D eigenvalue weighted by Gasteiger charge is 2.23. The molecule has 1 unspecified atom stereocenters. The molecule has 0 bridgehead atoms. The molecule has 1 heterocycles. The van der Waals surface area contributed by atoms with Gasteiger partial charge in [-0.05, 0) is 17.5 Å². The fourth-order valence-corrected chi connectivity index (χ4v) is 1.59. The molecule has 1 aliphatic heterocycles. The summed E-state index contributed by atoms with van der Waals surface area (Å²) in [5, 5.41) is 2.76. The van der Waals surface area contributed by atoms with Gasteiger partial charge in [0, 0.05) is 0 Å². The van der Waals surface area contributed by atoms with E-state index in [9.17, 15) is 4.79 Å². The molecule has 1 fully saturated rings. The van der Waals surface area contributed by atoms with Gasteiger partial charge in [0.15, 0.2) is 0 Å². The molecule has 1 aromatic rings. The summed E-state index contributed by atoms with van der Waals surface area (Å²) in [6.45, 7) is 2.55. The Morgan fingerprint density at radius 3 is 3.07 bits per heavy atom. The highest BCUT2D eigenvalue weighted by Crippen LogP contribution is 2.19. The van der Waals surface area contributed by atoms with E-state index in [0.29, 0.717) is 6.61 Å². The Labute approximate surface area is 83.1 Å². The number of carbonyl (C=O) groups excluding carboxylic acids is 1. The molecule has 0 aromatic heterocycles. The molecule has 3 heteroatoms. The summed E-state index contributed by atoms with van der Waals surface area (Å²) in [4.78, 5) is 10.8. The van der Waals surface area contributed by atoms with E-state index in [1.165, 1.54) is 5.56 Å². The first kappa shape index (κ1) is 9.06. The number of nitrogens with one attached hydrogen (secondary N) is 1. The second-order valence-corrected chi connectivity index (χ2v) is 3.39. The minimum atomic E-state index is -0.322. The number of cyclic esters (lactones) is 1. The summed E-state index contributed by atoms with van der Waals surface area (Å²) in [5.74, 6) is 0. The second-order valence-electron chi connectivity index (χ2n) is 3.39. The Bertz CT molecular complexity index is 349. The normalized spacial score (nSPS) is 20.4. The van der Waals surface area contributed by atoms with Gasteiger partial charge in [0.2, 0.25) is 0 Å². The van der Waals surface area contributed by atoms with Crippen LogP contribution in [0.2, 0.25) is 0 Å². The predicted octanol–water partition coefficient (Wildman–Crippen LogP) is 2.03. The van der Waals surface area contributed by atoms with Crippen molar-refractivity contribution in [2.24, 2.45) is 0 Å². The van der Waals surface area contributed by atoms with Crippen LogP contribution in [0.25, 0.3) is 0 Å². The van der Waals surface area contributed by atoms with Crippen LogP contribution in [0.15, 0.2) is 24.3 Å². The third kappa shape index (κ3) is 1.71. The summed E-state index contributed by atoms with van der Waals surface area (Å²) in [6.07, 6.45) is 0.687. The summed E-state index contributed by atoms with van der Waals surface area (Å²) in [7, 11) is 0. The van der Waals surface area contributed by atoms with Crippen LogP contribution in [0.4, 0.5) is 4.79 Å². The summed E-state index contributed by atoms with van der Waals surface area (Å²) in [6, 6.07) is 8.24. The predicted molar refractivity (Wildman–Crippen MR) is 53.0 cm³/mol. The molecular weight excluding hydrogens is 178 g/mol. The Hall–Kier alpha value is -1.51.